The minimum Gasteiger partial charge on any atom is -0.604 e. The van der Waals surface area contributed by atoms with Crippen LogP contribution >= 0.6 is 11.6 Å². The molecule has 4 atom stereocenters. The average Bonchev–Trinajstić information content (AvgIpc) is 3.06. The normalized spacial score (nSPS) is 20.6. The average molecular weight is 595 g/mol. The number of benzene rings is 3. The van der Waals surface area contributed by atoms with Crippen molar-refractivity contribution in [2.24, 2.45) is 5.73 Å². The lowest BCUT2D eigenvalue weighted by Gasteiger charge is -2.51. The van der Waals surface area contributed by atoms with Gasteiger partial charge in [-0.2, -0.15) is 0 Å². The molecule has 1 aliphatic heterocycles. The zero-order valence-corrected chi connectivity index (χ0v) is 25.8. The van der Waals surface area contributed by atoms with Gasteiger partial charge in [0, 0.05) is 18.0 Å². The Bertz CT molecular complexity index is 1470. The van der Waals surface area contributed by atoms with Crippen molar-refractivity contribution in [3.05, 3.63) is 88.1 Å². The van der Waals surface area contributed by atoms with Crippen LogP contribution in [0.1, 0.15) is 37.4 Å². The van der Waals surface area contributed by atoms with Crippen LogP contribution < -0.4 is 5.73 Å². The van der Waals surface area contributed by atoms with E-state index in [1.165, 1.54) is 9.91 Å². The molecule has 42 heavy (non-hydrogen) atoms. The largest absolute Gasteiger partial charge is 0.604 e. The Labute approximate surface area is 252 Å². The molecule has 3 amide bonds. The van der Waals surface area contributed by atoms with Crippen molar-refractivity contribution in [1.82, 2.24) is 9.91 Å². The van der Waals surface area contributed by atoms with E-state index in [9.17, 15) is 19.6 Å². The summed E-state index contributed by atoms with van der Waals surface area (Å²) in [6.45, 7) is 3.58. The maximum atomic E-state index is 14.7. The molecular formula is C32H41ClN5O4+. The first kappa shape index (κ1) is 31.6. The molecule has 4 unspecified atom stereocenters. The van der Waals surface area contributed by atoms with E-state index in [1.807, 2.05) is 70.5 Å². The van der Waals surface area contributed by atoms with Gasteiger partial charge in [-0.3, -0.25) is 9.59 Å². The number of nitrogens with zero attached hydrogens (tertiary/aromatic N) is 4. The highest BCUT2D eigenvalue weighted by molar-refractivity contribution is 6.30. The third kappa shape index (κ3) is 6.50. The van der Waals surface area contributed by atoms with E-state index in [0.29, 0.717) is 17.0 Å². The van der Waals surface area contributed by atoms with Gasteiger partial charge in [0.1, 0.15) is 12.6 Å². The molecule has 224 valence electrons. The maximum absolute atomic E-state index is 14.7. The third-order valence-electron chi connectivity index (χ3n) is 7.98. The molecule has 0 saturated carbocycles. The van der Waals surface area contributed by atoms with Gasteiger partial charge in [0.05, 0.1) is 27.2 Å². The zero-order chi connectivity index (χ0) is 30.8. The summed E-state index contributed by atoms with van der Waals surface area (Å²) in [6, 6.07) is 17.9. The number of amides is 3. The molecule has 1 heterocycles. The Morgan fingerprint density at radius 1 is 1.07 bits per heavy atom. The Kier molecular flexibility index (Phi) is 9.39. The van der Waals surface area contributed by atoms with E-state index in [0.717, 1.165) is 16.3 Å². The molecule has 3 aromatic carbocycles. The highest BCUT2D eigenvalue weighted by Gasteiger charge is 2.50. The van der Waals surface area contributed by atoms with Crippen molar-refractivity contribution in [2.45, 2.75) is 44.8 Å². The van der Waals surface area contributed by atoms with E-state index in [1.54, 1.807) is 31.2 Å². The Hall–Kier alpha value is -3.34. The summed E-state index contributed by atoms with van der Waals surface area (Å²) in [5.41, 5.74) is 7.35. The molecule has 0 spiro atoms. The first-order chi connectivity index (χ1) is 19.8. The SMILES string of the molecule is CC[N+]([O-])(C(=O)C[N+](C)(C)C)N1C(C)CCN(C(Cc2cccc3ccccc23)C(N)=O)C(=O)C1c1cccc(Cl)c1. The van der Waals surface area contributed by atoms with Gasteiger partial charge in [0.25, 0.3) is 5.91 Å². The number of nitrogens with two attached hydrogens (primary N) is 1. The summed E-state index contributed by atoms with van der Waals surface area (Å²) in [5.74, 6) is -1.65. The summed E-state index contributed by atoms with van der Waals surface area (Å²) in [5, 5.41) is 18.5. The molecule has 0 radical (unpaired) electrons. The van der Waals surface area contributed by atoms with Gasteiger partial charge in [-0.1, -0.05) is 66.2 Å². The van der Waals surface area contributed by atoms with Crippen molar-refractivity contribution in [3.8, 4) is 0 Å². The van der Waals surface area contributed by atoms with Crippen LogP contribution in [0.5, 0.6) is 0 Å². The minimum absolute atomic E-state index is 0.0221. The van der Waals surface area contributed by atoms with Gasteiger partial charge in [-0.25, -0.2) is 9.55 Å². The van der Waals surface area contributed by atoms with Gasteiger partial charge in [0.15, 0.2) is 12.6 Å². The van der Waals surface area contributed by atoms with Crippen molar-refractivity contribution >= 4 is 40.1 Å². The Balaban J connectivity index is 1.83. The van der Waals surface area contributed by atoms with Crippen LogP contribution in [-0.2, 0) is 20.8 Å². The lowest BCUT2D eigenvalue weighted by Crippen LogP contribution is -2.67. The molecule has 0 aromatic heterocycles. The summed E-state index contributed by atoms with van der Waals surface area (Å²) < 4.78 is -1.04. The minimum atomic E-state index is -1.31. The number of quaternary nitrogens is 2. The topological polar surface area (TPSA) is 107 Å². The predicted octanol–water partition coefficient (Wildman–Crippen LogP) is 4.04. The van der Waals surface area contributed by atoms with Gasteiger partial charge in [-0.05, 0) is 54.3 Å². The molecule has 1 fully saturated rings. The van der Waals surface area contributed by atoms with Gasteiger partial charge in [0.2, 0.25) is 5.91 Å². The molecule has 1 aliphatic rings. The number of halogens is 1. The van der Waals surface area contributed by atoms with Crippen LogP contribution in [0, 0.1) is 5.21 Å². The molecule has 0 bridgehead atoms. The second-order valence-corrected chi connectivity index (χ2v) is 12.6. The lowest BCUT2D eigenvalue weighted by atomic mass is 9.96. The first-order valence-electron chi connectivity index (χ1n) is 14.3. The third-order valence-corrected chi connectivity index (χ3v) is 8.22. The van der Waals surface area contributed by atoms with Crippen molar-refractivity contribution in [3.63, 3.8) is 0 Å². The number of carbonyl (C=O) groups is 3. The fourth-order valence-electron chi connectivity index (χ4n) is 5.91. The van der Waals surface area contributed by atoms with E-state index in [2.05, 4.69) is 0 Å². The zero-order valence-electron chi connectivity index (χ0n) is 25.0. The second-order valence-electron chi connectivity index (χ2n) is 12.1. The highest BCUT2D eigenvalue weighted by atomic mass is 35.5. The molecule has 4 rings (SSSR count). The van der Waals surface area contributed by atoms with Crippen LogP contribution in [-0.4, -0.2) is 89.7 Å². The maximum Gasteiger partial charge on any atom is 0.387 e. The fraction of sp³-hybridized carbons (Fsp3) is 0.406. The summed E-state index contributed by atoms with van der Waals surface area (Å²) >= 11 is 6.38. The predicted molar refractivity (Wildman–Crippen MR) is 165 cm³/mol. The highest BCUT2D eigenvalue weighted by Crippen LogP contribution is 2.37. The summed E-state index contributed by atoms with van der Waals surface area (Å²) in [7, 11) is 5.53. The van der Waals surface area contributed by atoms with Crippen LogP contribution in [0.2, 0.25) is 5.02 Å². The lowest BCUT2D eigenvalue weighted by molar-refractivity contribution is -0.948. The molecule has 10 heteroatoms. The molecule has 1 saturated heterocycles. The number of hydrogen-bond donors (Lipinski definition) is 1. The van der Waals surface area contributed by atoms with Crippen LogP contribution in [0.15, 0.2) is 66.7 Å². The van der Waals surface area contributed by atoms with Crippen molar-refractivity contribution < 1.29 is 23.6 Å². The number of fused-ring (bicyclic) bond motifs is 1. The molecule has 2 N–H and O–H groups in total. The van der Waals surface area contributed by atoms with Crippen molar-refractivity contribution in [1.29, 1.82) is 0 Å². The number of hydroxylamine groups is 2. The van der Waals surface area contributed by atoms with Crippen LogP contribution in [0.3, 0.4) is 0 Å². The van der Waals surface area contributed by atoms with E-state index >= 15 is 0 Å². The second kappa shape index (κ2) is 12.5. The number of carbonyl (C=O) groups excluding carboxylic acids is 3. The molecular weight excluding hydrogens is 554 g/mol. The Morgan fingerprint density at radius 2 is 1.74 bits per heavy atom. The first-order valence-corrected chi connectivity index (χ1v) is 14.7. The molecule has 0 aliphatic carbocycles. The van der Waals surface area contributed by atoms with Gasteiger partial charge in [-0.15, -0.1) is 5.01 Å². The Morgan fingerprint density at radius 3 is 2.38 bits per heavy atom. The fourth-order valence-corrected chi connectivity index (χ4v) is 6.11. The summed E-state index contributed by atoms with van der Waals surface area (Å²) in [6.07, 6.45) is 0.576. The number of rotatable bonds is 9. The van der Waals surface area contributed by atoms with E-state index in [-0.39, 0.29) is 30.5 Å². The number of hydrogen-bond acceptors (Lipinski definition) is 5. The van der Waals surface area contributed by atoms with Gasteiger partial charge >= 0.3 is 5.91 Å². The summed E-state index contributed by atoms with van der Waals surface area (Å²) in [4.78, 5) is 42.9. The van der Waals surface area contributed by atoms with E-state index in [4.69, 9.17) is 17.3 Å². The quantitative estimate of drug-likeness (QED) is 0.297. The van der Waals surface area contributed by atoms with E-state index < -0.39 is 40.6 Å². The van der Waals surface area contributed by atoms with Gasteiger partial charge < -0.3 is 20.3 Å². The van der Waals surface area contributed by atoms with Crippen LogP contribution in [0.25, 0.3) is 10.8 Å². The molecule has 3 aromatic rings. The van der Waals surface area contributed by atoms with Crippen molar-refractivity contribution in [2.75, 3.05) is 40.8 Å². The van der Waals surface area contributed by atoms with Crippen LogP contribution in [0.4, 0.5) is 0 Å². The number of primary amides is 1. The number of likely N-dealkylation sites (N-methyl/N-ethyl adjacent to an activating group) is 2. The smallest absolute Gasteiger partial charge is 0.387 e. The monoisotopic (exact) mass is 594 g/mol. The molecule has 9 nitrogen and oxygen atoms in total. The standard InChI is InChI=1S/C32H40ClN5O4/c1-6-38(42,29(39)21-37(3,4)5)36-22(2)17-18-35(32(41)30(36)25-14-10-15-26(33)19-25)28(31(34)40)20-24-13-9-12-23-11-7-8-16-27(23)24/h7-16,19,22,28,30H,6,17-18,20-21H2,1-5H3,(H-,34,40)/p+1.